The van der Waals surface area contributed by atoms with Gasteiger partial charge in [0.05, 0.1) is 0 Å². The Morgan fingerprint density at radius 1 is 1.75 bits per heavy atom. The maximum Gasteiger partial charge on any atom is 0.105 e. The van der Waals surface area contributed by atoms with Crippen LogP contribution in [0.15, 0.2) is 29.9 Å². The van der Waals surface area contributed by atoms with E-state index in [0.29, 0.717) is 0 Å². The molecule has 0 rings (SSSR count). The molecule has 0 aliphatic rings. The molecule has 0 aromatic heterocycles. The first-order valence-corrected chi connectivity index (χ1v) is 3.07. The second-order valence-corrected chi connectivity index (χ2v) is 1.95. The first kappa shape index (κ1) is 7.63. The third-order valence-corrected chi connectivity index (χ3v) is 1.04. The monoisotopic (exact) mass is 173 g/mol. The maximum absolute atomic E-state index is 3.90. The molecule has 0 N–H and O–H groups in total. The van der Waals surface area contributed by atoms with Gasteiger partial charge in [-0.15, -0.1) is 0 Å². The molecule has 0 saturated carbocycles. The van der Waals surface area contributed by atoms with Crippen LogP contribution in [0, 0.1) is 0 Å². The molecule has 0 aromatic rings. The lowest BCUT2D eigenvalue weighted by molar-refractivity contribution is 1.55. The smallest absolute Gasteiger partial charge is 0.105 e. The van der Waals surface area contributed by atoms with Crippen molar-refractivity contribution in [1.29, 1.82) is 0 Å². The molecule has 0 atom stereocenters. The third-order valence-electron chi connectivity index (χ3n) is 0.515. The summed E-state index contributed by atoms with van der Waals surface area (Å²) in [5, 5.41) is 0. The lowest BCUT2D eigenvalue weighted by atomic mass is 10.7. The molecule has 0 unspecified atom stereocenters. The number of allylic oxidation sites excluding steroid dienone is 2. The highest BCUT2D eigenvalue weighted by atomic mass is 79.9. The van der Waals surface area contributed by atoms with Crippen molar-refractivity contribution in [2.24, 2.45) is 4.99 Å². The highest BCUT2D eigenvalue weighted by Gasteiger charge is 1.74. The average molecular weight is 174 g/mol. The molecule has 0 fully saturated rings. The number of hydrogen-bond acceptors (Lipinski definition) is 1. The van der Waals surface area contributed by atoms with Crippen molar-refractivity contribution in [3.63, 3.8) is 0 Å². The number of nitrogens with zero attached hydrogens (tertiary/aromatic N) is 1. The Hall–Kier alpha value is -0.370. The van der Waals surface area contributed by atoms with Gasteiger partial charge in [0.1, 0.15) is 4.62 Å². The summed E-state index contributed by atoms with van der Waals surface area (Å²) in [7, 11) is 0. The van der Waals surface area contributed by atoms with Gasteiger partial charge >= 0.3 is 0 Å². The summed E-state index contributed by atoms with van der Waals surface area (Å²) >= 11 is 3.16. The van der Waals surface area contributed by atoms with Crippen molar-refractivity contribution in [1.82, 2.24) is 0 Å². The summed E-state index contributed by atoms with van der Waals surface area (Å²) in [5.74, 6) is 0. The van der Waals surface area contributed by atoms with E-state index in [0.717, 1.165) is 4.62 Å². The Morgan fingerprint density at radius 3 is 2.75 bits per heavy atom. The molecule has 0 bridgehead atoms. The van der Waals surface area contributed by atoms with E-state index in [-0.39, 0.29) is 0 Å². The molecule has 8 heavy (non-hydrogen) atoms. The fourth-order valence-corrected chi connectivity index (χ4v) is 0.317. The van der Waals surface area contributed by atoms with E-state index in [1.165, 1.54) is 0 Å². The predicted molar refractivity (Wildman–Crippen MR) is 41.4 cm³/mol. The van der Waals surface area contributed by atoms with Crippen molar-refractivity contribution >= 4 is 20.6 Å². The Balaban J connectivity index is 3.74. The molecule has 0 heterocycles. The second-order valence-electron chi connectivity index (χ2n) is 1.14. The molecule has 0 aromatic carbocycles. The molecule has 0 saturated heterocycles. The predicted octanol–water partition coefficient (Wildman–Crippen LogP) is 2.50. The van der Waals surface area contributed by atoms with E-state index >= 15 is 0 Å². The lowest BCUT2D eigenvalue weighted by Gasteiger charge is -1.78. The van der Waals surface area contributed by atoms with E-state index < -0.39 is 0 Å². The van der Waals surface area contributed by atoms with Crippen LogP contribution in [-0.4, -0.2) is 4.62 Å². The van der Waals surface area contributed by atoms with Crippen LogP contribution >= 0.6 is 15.9 Å². The standard InChI is InChI=1S/C6H8BrN/c1-3-5-8-6(7)4-2/h3-5H,2H2,1H3/b5-3-,8-6+. The quantitative estimate of drug-likeness (QED) is 0.570. The van der Waals surface area contributed by atoms with Gasteiger partial charge < -0.3 is 0 Å². The van der Waals surface area contributed by atoms with Crippen LogP contribution in [0.1, 0.15) is 6.92 Å². The van der Waals surface area contributed by atoms with Gasteiger partial charge in [-0.05, 0) is 28.9 Å². The van der Waals surface area contributed by atoms with E-state index in [1.807, 2.05) is 13.0 Å². The Kier molecular flexibility index (Phi) is 4.56. The number of rotatable bonds is 2. The molecule has 1 nitrogen and oxygen atoms in total. The van der Waals surface area contributed by atoms with Gasteiger partial charge in [-0.2, -0.15) is 0 Å². The average Bonchev–Trinajstić information content (AvgIpc) is 1.83. The van der Waals surface area contributed by atoms with Gasteiger partial charge in [0, 0.05) is 6.20 Å². The molecule has 44 valence electrons. The zero-order valence-electron chi connectivity index (χ0n) is 4.76. The Labute approximate surface area is 57.9 Å². The minimum Gasteiger partial charge on any atom is -0.250 e. The summed E-state index contributed by atoms with van der Waals surface area (Å²) in [6, 6.07) is 0. The van der Waals surface area contributed by atoms with Crippen LogP contribution in [0.3, 0.4) is 0 Å². The summed E-state index contributed by atoms with van der Waals surface area (Å²) < 4.78 is 0.760. The summed E-state index contributed by atoms with van der Waals surface area (Å²) in [4.78, 5) is 3.90. The molecule has 0 radical (unpaired) electrons. The van der Waals surface area contributed by atoms with Gasteiger partial charge in [-0.1, -0.05) is 12.7 Å². The van der Waals surface area contributed by atoms with Crippen LogP contribution in [0.4, 0.5) is 0 Å². The van der Waals surface area contributed by atoms with Crippen molar-refractivity contribution in [2.75, 3.05) is 0 Å². The van der Waals surface area contributed by atoms with Crippen molar-refractivity contribution < 1.29 is 0 Å². The van der Waals surface area contributed by atoms with Crippen LogP contribution in [-0.2, 0) is 0 Å². The van der Waals surface area contributed by atoms with Crippen molar-refractivity contribution in [3.05, 3.63) is 24.9 Å². The van der Waals surface area contributed by atoms with Crippen molar-refractivity contribution in [3.8, 4) is 0 Å². The zero-order chi connectivity index (χ0) is 6.41. The van der Waals surface area contributed by atoms with Crippen LogP contribution < -0.4 is 0 Å². The lowest BCUT2D eigenvalue weighted by Crippen LogP contribution is -1.71. The summed E-state index contributed by atoms with van der Waals surface area (Å²) in [6.07, 6.45) is 5.19. The molecular formula is C6H8BrN. The van der Waals surface area contributed by atoms with Gasteiger partial charge in [0.25, 0.3) is 0 Å². The second kappa shape index (κ2) is 4.78. The van der Waals surface area contributed by atoms with Gasteiger partial charge in [-0.3, -0.25) is 0 Å². The van der Waals surface area contributed by atoms with E-state index in [9.17, 15) is 0 Å². The van der Waals surface area contributed by atoms with Gasteiger partial charge in [0.2, 0.25) is 0 Å². The van der Waals surface area contributed by atoms with Crippen molar-refractivity contribution in [2.45, 2.75) is 6.92 Å². The topological polar surface area (TPSA) is 12.4 Å². The normalized spacial score (nSPS) is 12.5. The highest BCUT2D eigenvalue weighted by Crippen LogP contribution is 1.90. The fourth-order valence-electron chi connectivity index (χ4n) is 0.198. The van der Waals surface area contributed by atoms with Crippen LogP contribution in [0.5, 0.6) is 0 Å². The minimum atomic E-state index is 0.760. The SMILES string of the molecule is C=C/C(Br)=N\C=C/C. The Morgan fingerprint density at radius 2 is 2.38 bits per heavy atom. The van der Waals surface area contributed by atoms with E-state index in [2.05, 4.69) is 27.5 Å². The minimum absolute atomic E-state index is 0.760. The van der Waals surface area contributed by atoms with E-state index in [4.69, 9.17) is 0 Å². The van der Waals surface area contributed by atoms with Crippen LogP contribution in [0.25, 0.3) is 0 Å². The fraction of sp³-hybridized carbons (Fsp3) is 0.167. The molecular weight excluding hydrogens is 166 g/mol. The highest BCUT2D eigenvalue weighted by molar-refractivity contribution is 9.18. The number of hydrogen-bond donors (Lipinski definition) is 0. The molecule has 0 aliphatic carbocycles. The number of halogens is 1. The summed E-state index contributed by atoms with van der Waals surface area (Å²) in [5.41, 5.74) is 0. The summed E-state index contributed by atoms with van der Waals surface area (Å²) in [6.45, 7) is 5.41. The molecule has 0 amide bonds. The molecule has 2 heteroatoms. The third kappa shape index (κ3) is 3.81. The van der Waals surface area contributed by atoms with Gasteiger partial charge in [-0.25, -0.2) is 4.99 Å². The van der Waals surface area contributed by atoms with Gasteiger partial charge in [0.15, 0.2) is 0 Å². The molecule has 0 spiro atoms. The number of aliphatic imine (C=N–C) groups is 1. The maximum atomic E-state index is 3.90. The first-order chi connectivity index (χ1) is 3.81. The van der Waals surface area contributed by atoms with Crippen LogP contribution in [0.2, 0.25) is 0 Å². The van der Waals surface area contributed by atoms with E-state index in [1.54, 1.807) is 12.3 Å². The zero-order valence-corrected chi connectivity index (χ0v) is 6.35. The molecule has 0 aliphatic heterocycles. The largest absolute Gasteiger partial charge is 0.250 e. The Bertz CT molecular complexity index is 124. The first-order valence-electron chi connectivity index (χ1n) is 2.28.